The largest absolute Gasteiger partial charge is 0.394 e. The van der Waals surface area contributed by atoms with Gasteiger partial charge in [0.15, 0.2) is 6.29 Å². The fourth-order valence-electron chi connectivity index (χ4n) is 9.81. The highest BCUT2D eigenvalue weighted by Gasteiger charge is 2.44. The lowest BCUT2D eigenvalue weighted by atomic mass is 9.98. The summed E-state index contributed by atoms with van der Waals surface area (Å²) in [6.07, 6.45) is 48.1. The fourth-order valence-corrected chi connectivity index (χ4v) is 9.81. The molecule has 1 heterocycles. The Kier molecular flexibility index (Phi) is 47.1. The molecule has 420 valence electrons. The van der Waals surface area contributed by atoms with Crippen LogP contribution in [0.5, 0.6) is 0 Å². The Morgan fingerprint density at radius 2 is 0.845 bits per heavy atom. The van der Waals surface area contributed by atoms with Gasteiger partial charge in [-0.2, -0.15) is 0 Å². The first kappa shape index (κ1) is 67.6. The van der Waals surface area contributed by atoms with Crippen LogP contribution in [0.15, 0.2) is 24.3 Å². The number of allylic oxidation sites excluding steroid dienone is 4. The lowest BCUT2D eigenvalue weighted by Crippen LogP contribution is -2.60. The molecule has 11 heteroatoms. The van der Waals surface area contributed by atoms with Gasteiger partial charge in [0.25, 0.3) is 0 Å². The lowest BCUT2D eigenvalue weighted by molar-refractivity contribution is -0.303. The summed E-state index contributed by atoms with van der Waals surface area (Å²) in [7, 11) is 0. The first-order chi connectivity index (χ1) is 34.7. The zero-order valence-electron chi connectivity index (χ0n) is 46.0. The zero-order chi connectivity index (χ0) is 51.8. The van der Waals surface area contributed by atoms with Crippen LogP contribution in [-0.4, -0.2) is 110 Å². The van der Waals surface area contributed by atoms with Crippen LogP contribution in [0.1, 0.15) is 284 Å². The third kappa shape index (κ3) is 37.9. The van der Waals surface area contributed by atoms with E-state index in [9.17, 15) is 40.5 Å². The molecule has 1 saturated heterocycles. The summed E-state index contributed by atoms with van der Waals surface area (Å²) in [5.74, 6) is -0.705. The average Bonchev–Trinajstić information content (AvgIpc) is 3.37. The van der Waals surface area contributed by atoms with E-state index in [0.717, 1.165) is 38.5 Å². The Bertz CT molecular complexity index is 1200. The highest BCUT2D eigenvalue weighted by molar-refractivity contribution is 5.80. The van der Waals surface area contributed by atoms with E-state index in [1.54, 1.807) is 0 Å². The second-order valence-corrected chi connectivity index (χ2v) is 21.4. The highest BCUT2D eigenvalue weighted by atomic mass is 16.7. The third-order valence-electron chi connectivity index (χ3n) is 14.7. The average molecular weight is 1010 g/mol. The minimum absolute atomic E-state index is 0.249. The van der Waals surface area contributed by atoms with E-state index in [0.29, 0.717) is 19.3 Å². The molecule has 0 spiro atoms. The summed E-state index contributed by atoms with van der Waals surface area (Å²) in [6, 6.07) is -1.19. The van der Waals surface area contributed by atoms with Crippen LogP contribution in [0.2, 0.25) is 0 Å². The van der Waals surface area contributed by atoms with E-state index < -0.39 is 74.2 Å². The molecule has 9 atom stereocenters. The number of nitrogens with one attached hydrogen (secondary N) is 1. The number of hydrogen-bond acceptors (Lipinski definition) is 10. The highest BCUT2D eigenvalue weighted by Crippen LogP contribution is 2.23. The van der Waals surface area contributed by atoms with Gasteiger partial charge in [0.2, 0.25) is 5.91 Å². The molecular weight excluding hydrogens is 895 g/mol. The van der Waals surface area contributed by atoms with Gasteiger partial charge in [0.1, 0.15) is 36.6 Å². The summed E-state index contributed by atoms with van der Waals surface area (Å²) in [4.78, 5) is 13.2. The quantitative estimate of drug-likeness (QED) is 0.0215. The van der Waals surface area contributed by atoms with E-state index in [1.807, 2.05) is 0 Å². The van der Waals surface area contributed by atoms with Crippen LogP contribution in [-0.2, 0) is 14.3 Å². The molecular formula is C60H115NO10. The number of hydrogen-bond donors (Lipinski definition) is 8. The van der Waals surface area contributed by atoms with Gasteiger partial charge >= 0.3 is 0 Å². The lowest BCUT2D eigenvalue weighted by Gasteiger charge is -2.40. The van der Waals surface area contributed by atoms with Crippen molar-refractivity contribution in [2.45, 2.75) is 339 Å². The van der Waals surface area contributed by atoms with Crippen molar-refractivity contribution in [2.75, 3.05) is 13.2 Å². The standard InChI is InChI=1S/C60H115NO10/c1-3-5-7-9-11-13-15-17-19-21-23-24-25-26-27-28-30-32-34-36-38-40-42-44-46-48-53(64)59(69)61-51(50-70-60-58(68)57(67)56(66)54(49-62)71-60)55(65)52(63)47-45-43-41-39-37-35-33-31-29-22-20-18-16-14-12-10-8-6-4-2/h31,33,39,41,51-58,60,62-68H,3-30,32,34-38,40,42-50H2,1-2H3,(H,61,69)/b33-31+,41-39+. The Labute approximate surface area is 435 Å². The molecule has 1 amide bonds. The van der Waals surface area contributed by atoms with Gasteiger partial charge in [-0.3, -0.25) is 4.79 Å². The molecule has 1 fully saturated rings. The van der Waals surface area contributed by atoms with Crippen LogP contribution < -0.4 is 5.32 Å². The molecule has 0 aliphatic carbocycles. The smallest absolute Gasteiger partial charge is 0.249 e. The van der Waals surface area contributed by atoms with Crippen molar-refractivity contribution >= 4 is 5.91 Å². The van der Waals surface area contributed by atoms with Gasteiger partial charge < -0.3 is 50.5 Å². The predicted octanol–water partition coefficient (Wildman–Crippen LogP) is 12.9. The molecule has 1 rings (SSSR count). The van der Waals surface area contributed by atoms with Crippen molar-refractivity contribution in [1.29, 1.82) is 0 Å². The monoisotopic (exact) mass is 1010 g/mol. The van der Waals surface area contributed by atoms with Crippen molar-refractivity contribution in [3.63, 3.8) is 0 Å². The van der Waals surface area contributed by atoms with Gasteiger partial charge in [-0.15, -0.1) is 0 Å². The molecule has 0 radical (unpaired) electrons. The molecule has 1 aliphatic rings. The molecule has 0 aromatic rings. The van der Waals surface area contributed by atoms with Crippen LogP contribution in [0.3, 0.4) is 0 Å². The van der Waals surface area contributed by atoms with E-state index in [2.05, 4.69) is 43.5 Å². The van der Waals surface area contributed by atoms with Crippen LogP contribution in [0, 0.1) is 0 Å². The van der Waals surface area contributed by atoms with Crippen molar-refractivity contribution in [3.05, 3.63) is 24.3 Å². The summed E-state index contributed by atoms with van der Waals surface area (Å²) in [5, 5.41) is 76.2. The molecule has 1 aliphatic heterocycles. The molecule has 11 nitrogen and oxygen atoms in total. The number of carbonyl (C=O) groups is 1. The molecule has 0 aromatic carbocycles. The maximum absolute atomic E-state index is 13.2. The SMILES string of the molecule is CCCCCCCCCCCC/C=C/CC/C=C/CCCC(O)C(O)C(COC1OC(CO)C(O)C(O)C1O)NC(=O)C(O)CCCCCCCCCCCCCCCCCCCCCCCCCCC. The van der Waals surface area contributed by atoms with Crippen LogP contribution in [0.25, 0.3) is 0 Å². The van der Waals surface area contributed by atoms with Crippen molar-refractivity contribution in [2.24, 2.45) is 0 Å². The zero-order valence-corrected chi connectivity index (χ0v) is 46.0. The number of aliphatic hydroxyl groups excluding tert-OH is 7. The minimum Gasteiger partial charge on any atom is -0.394 e. The summed E-state index contributed by atoms with van der Waals surface area (Å²) in [5.41, 5.74) is 0. The van der Waals surface area contributed by atoms with E-state index in [4.69, 9.17) is 9.47 Å². The Balaban J connectivity index is 2.30. The predicted molar refractivity (Wildman–Crippen MR) is 293 cm³/mol. The Morgan fingerprint density at radius 3 is 1.25 bits per heavy atom. The fraction of sp³-hybridized carbons (Fsp3) is 0.917. The molecule has 0 aromatic heterocycles. The van der Waals surface area contributed by atoms with Crippen LogP contribution >= 0.6 is 0 Å². The van der Waals surface area contributed by atoms with Crippen molar-refractivity contribution in [1.82, 2.24) is 5.32 Å². The Morgan fingerprint density at radius 1 is 0.479 bits per heavy atom. The number of amides is 1. The number of rotatable bonds is 52. The van der Waals surface area contributed by atoms with E-state index >= 15 is 0 Å². The van der Waals surface area contributed by atoms with Crippen molar-refractivity contribution in [3.8, 4) is 0 Å². The van der Waals surface area contributed by atoms with Gasteiger partial charge in [-0.1, -0.05) is 256 Å². The van der Waals surface area contributed by atoms with Gasteiger partial charge in [0, 0.05) is 0 Å². The van der Waals surface area contributed by atoms with Gasteiger partial charge in [-0.05, 0) is 51.4 Å². The number of carbonyl (C=O) groups excluding carboxylic acids is 1. The molecule has 8 N–H and O–H groups in total. The number of ether oxygens (including phenoxy) is 2. The molecule has 0 bridgehead atoms. The second-order valence-electron chi connectivity index (χ2n) is 21.4. The normalized spacial score (nSPS) is 20.3. The van der Waals surface area contributed by atoms with Crippen molar-refractivity contribution < 1.29 is 50.0 Å². The maximum atomic E-state index is 13.2. The topological polar surface area (TPSA) is 189 Å². The summed E-state index contributed by atoms with van der Waals surface area (Å²) < 4.78 is 11.1. The molecule has 71 heavy (non-hydrogen) atoms. The summed E-state index contributed by atoms with van der Waals surface area (Å²) in [6.45, 7) is 3.47. The molecule has 0 saturated carbocycles. The second kappa shape index (κ2) is 49.5. The maximum Gasteiger partial charge on any atom is 0.249 e. The minimum atomic E-state index is -1.67. The Hall–Kier alpha value is -1.41. The molecule has 9 unspecified atom stereocenters. The summed E-state index contributed by atoms with van der Waals surface area (Å²) >= 11 is 0. The van der Waals surface area contributed by atoms with Gasteiger partial charge in [0.05, 0.1) is 25.4 Å². The first-order valence-corrected chi connectivity index (χ1v) is 30.2. The first-order valence-electron chi connectivity index (χ1n) is 30.2. The van der Waals surface area contributed by atoms with E-state index in [1.165, 1.54) is 199 Å². The van der Waals surface area contributed by atoms with Crippen LogP contribution in [0.4, 0.5) is 0 Å². The third-order valence-corrected chi connectivity index (χ3v) is 14.7. The number of aliphatic hydroxyl groups is 7. The van der Waals surface area contributed by atoms with Gasteiger partial charge in [-0.25, -0.2) is 0 Å². The number of unbranched alkanes of at least 4 members (excludes halogenated alkanes) is 36. The van der Waals surface area contributed by atoms with E-state index in [-0.39, 0.29) is 12.8 Å².